The number of benzene rings is 1. The first-order valence-electron chi connectivity index (χ1n) is 10.7. The Morgan fingerprint density at radius 1 is 1.14 bits per heavy atom. The number of hydrogen-bond donors (Lipinski definition) is 4. The molecule has 2 aromatic heterocycles. The maximum atomic E-state index is 12.4. The number of carbonyl (C=O) groups excluding carboxylic acids is 2. The highest BCUT2D eigenvalue weighted by atomic mass is 31.2. The molecule has 1 aromatic carbocycles. The maximum absolute atomic E-state index is 12.4. The van der Waals surface area contributed by atoms with Gasteiger partial charge in [0.1, 0.15) is 24.6 Å². The standard InChI is InChI=1S/C20H27N6O9P/c1-2-31-11-15-25-16-17(13-5-3-4-6-14(13)24-18(16)21)26(15)7-8-33-36(29,30)34-10-12(35-20(23)28)9-32-19(22)27/h3-6,12H,2,7-11H2,1H3,(H2,21,24)(H2,22,27)(H2,23,28)(H,29,30)/t12-/m1/s1. The van der Waals surface area contributed by atoms with E-state index in [4.69, 9.17) is 31.0 Å². The first kappa shape index (κ1) is 27.1. The van der Waals surface area contributed by atoms with Gasteiger partial charge in [-0.3, -0.25) is 9.05 Å². The van der Waals surface area contributed by atoms with Crippen molar-refractivity contribution in [1.29, 1.82) is 0 Å². The second-order valence-corrected chi connectivity index (χ2v) is 8.77. The van der Waals surface area contributed by atoms with Crippen LogP contribution in [0.3, 0.4) is 0 Å². The molecule has 3 aromatic rings. The molecule has 36 heavy (non-hydrogen) atoms. The molecule has 0 radical (unpaired) electrons. The van der Waals surface area contributed by atoms with E-state index in [1.807, 2.05) is 31.2 Å². The summed E-state index contributed by atoms with van der Waals surface area (Å²) in [5.74, 6) is 0.753. The molecular weight excluding hydrogens is 499 g/mol. The summed E-state index contributed by atoms with van der Waals surface area (Å²) in [6.07, 6.45) is -3.63. The van der Waals surface area contributed by atoms with Crippen LogP contribution in [0.5, 0.6) is 0 Å². The Morgan fingerprint density at radius 2 is 1.89 bits per heavy atom. The Balaban J connectivity index is 1.75. The minimum Gasteiger partial charge on any atom is -0.446 e. The van der Waals surface area contributed by atoms with Gasteiger partial charge in [0.15, 0.2) is 11.9 Å². The number of rotatable bonds is 13. The number of pyridine rings is 1. The molecule has 0 fully saturated rings. The van der Waals surface area contributed by atoms with Crippen molar-refractivity contribution in [1.82, 2.24) is 14.5 Å². The van der Waals surface area contributed by atoms with Crippen molar-refractivity contribution in [2.24, 2.45) is 11.5 Å². The van der Waals surface area contributed by atoms with Crippen LogP contribution in [0.25, 0.3) is 21.9 Å². The fraction of sp³-hybridized carbons (Fsp3) is 0.400. The average molecular weight is 526 g/mol. The normalized spacial score (nSPS) is 13.9. The molecular formula is C20H27N6O9P. The highest BCUT2D eigenvalue weighted by Gasteiger charge is 2.26. The van der Waals surface area contributed by atoms with Crippen LogP contribution in [0.4, 0.5) is 15.4 Å². The number of anilines is 1. The number of fused-ring (bicyclic) bond motifs is 3. The van der Waals surface area contributed by atoms with Crippen LogP contribution in [0.15, 0.2) is 24.3 Å². The number of phosphoric acid groups is 1. The quantitative estimate of drug-likeness (QED) is 0.232. The molecule has 2 heterocycles. The number of nitrogens with zero attached hydrogens (tertiary/aromatic N) is 3. The van der Waals surface area contributed by atoms with E-state index in [0.29, 0.717) is 29.0 Å². The molecule has 3 rings (SSSR count). The van der Waals surface area contributed by atoms with Crippen LogP contribution >= 0.6 is 7.82 Å². The Morgan fingerprint density at radius 3 is 2.58 bits per heavy atom. The third-order valence-electron chi connectivity index (χ3n) is 4.81. The summed E-state index contributed by atoms with van der Waals surface area (Å²) in [6, 6.07) is 7.34. The largest absolute Gasteiger partial charge is 0.472 e. The summed E-state index contributed by atoms with van der Waals surface area (Å²) >= 11 is 0. The third kappa shape index (κ3) is 7.02. The number of imidazole rings is 1. The van der Waals surface area contributed by atoms with Crippen LogP contribution in [0, 0.1) is 0 Å². The summed E-state index contributed by atoms with van der Waals surface area (Å²) in [5, 5.41) is 0.779. The van der Waals surface area contributed by atoms with Gasteiger partial charge in [0.05, 0.1) is 24.2 Å². The fourth-order valence-corrected chi connectivity index (χ4v) is 4.11. The molecule has 2 amide bonds. The van der Waals surface area contributed by atoms with Gasteiger partial charge in [-0.15, -0.1) is 0 Å². The number of nitrogen functional groups attached to an aromatic ring is 1. The number of nitrogens with two attached hydrogens (primary N) is 3. The zero-order valence-electron chi connectivity index (χ0n) is 19.4. The van der Waals surface area contributed by atoms with E-state index in [9.17, 15) is 19.0 Å². The van der Waals surface area contributed by atoms with Crippen molar-refractivity contribution in [3.05, 3.63) is 30.1 Å². The Kier molecular flexibility index (Phi) is 9.01. The smallest absolute Gasteiger partial charge is 0.446 e. The lowest BCUT2D eigenvalue weighted by atomic mass is 10.2. The Bertz CT molecular complexity index is 1280. The van der Waals surface area contributed by atoms with Crippen LogP contribution < -0.4 is 17.2 Å². The Labute approximate surface area is 205 Å². The molecule has 16 heteroatoms. The second kappa shape index (κ2) is 12.0. The van der Waals surface area contributed by atoms with Crippen LogP contribution in [-0.2, 0) is 41.0 Å². The van der Waals surface area contributed by atoms with Crippen molar-refractivity contribution in [3.63, 3.8) is 0 Å². The molecule has 2 atom stereocenters. The fourth-order valence-electron chi connectivity index (χ4n) is 3.37. The van der Waals surface area contributed by atoms with E-state index in [1.54, 1.807) is 4.57 Å². The number of hydrogen-bond acceptors (Lipinski definition) is 11. The molecule has 0 spiro atoms. The monoisotopic (exact) mass is 526 g/mol. The number of primary amides is 2. The predicted molar refractivity (Wildman–Crippen MR) is 126 cm³/mol. The molecule has 196 valence electrons. The topological polar surface area (TPSA) is 226 Å². The van der Waals surface area contributed by atoms with Gasteiger partial charge in [0, 0.05) is 18.5 Å². The zero-order valence-corrected chi connectivity index (χ0v) is 20.3. The van der Waals surface area contributed by atoms with E-state index >= 15 is 0 Å². The van der Waals surface area contributed by atoms with E-state index < -0.39 is 39.3 Å². The lowest BCUT2D eigenvalue weighted by molar-refractivity contribution is 0.0152. The van der Waals surface area contributed by atoms with Gasteiger partial charge in [-0.2, -0.15) is 0 Å². The molecule has 15 nitrogen and oxygen atoms in total. The van der Waals surface area contributed by atoms with Crippen molar-refractivity contribution >= 4 is 47.8 Å². The third-order valence-corrected chi connectivity index (χ3v) is 5.80. The molecule has 0 saturated carbocycles. The second-order valence-electron chi connectivity index (χ2n) is 7.31. The van der Waals surface area contributed by atoms with Crippen molar-refractivity contribution in [3.8, 4) is 0 Å². The van der Waals surface area contributed by atoms with Crippen LogP contribution in [-0.4, -0.2) is 64.1 Å². The molecule has 0 aliphatic rings. The number of ether oxygens (including phenoxy) is 3. The van der Waals surface area contributed by atoms with E-state index in [2.05, 4.69) is 19.4 Å². The number of carbonyl (C=O) groups is 2. The minimum atomic E-state index is -4.62. The summed E-state index contributed by atoms with van der Waals surface area (Å²) in [4.78, 5) is 40.8. The van der Waals surface area contributed by atoms with E-state index in [-0.39, 0.29) is 25.6 Å². The van der Waals surface area contributed by atoms with Gasteiger partial charge in [-0.05, 0) is 13.0 Å². The number of para-hydroxylation sites is 1. The summed E-state index contributed by atoms with van der Waals surface area (Å²) in [7, 11) is -4.62. The van der Waals surface area contributed by atoms with Gasteiger partial charge in [0.25, 0.3) is 0 Å². The number of phosphoric ester groups is 1. The van der Waals surface area contributed by atoms with Crippen molar-refractivity contribution in [2.75, 3.05) is 32.2 Å². The van der Waals surface area contributed by atoms with Gasteiger partial charge in [0.2, 0.25) is 0 Å². The molecule has 7 N–H and O–H groups in total. The summed E-state index contributed by atoms with van der Waals surface area (Å²) < 4.78 is 38.8. The van der Waals surface area contributed by atoms with Crippen molar-refractivity contribution in [2.45, 2.75) is 26.2 Å². The first-order valence-corrected chi connectivity index (χ1v) is 12.2. The average Bonchev–Trinajstić information content (AvgIpc) is 3.18. The number of amides is 2. The SMILES string of the molecule is CCOCc1nc2c(N)nc3ccccc3c2n1CCOP(=O)(O)OC[C@@H](COC(N)=O)OC(N)=O. The van der Waals surface area contributed by atoms with E-state index in [0.717, 1.165) is 5.39 Å². The van der Waals surface area contributed by atoms with Gasteiger partial charge in [-0.25, -0.2) is 24.1 Å². The van der Waals surface area contributed by atoms with Crippen LogP contribution in [0.2, 0.25) is 0 Å². The molecule has 0 aliphatic heterocycles. The predicted octanol–water partition coefficient (Wildman–Crippen LogP) is 1.40. The maximum Gasteiger partial charge on any atom is 0.472 e. The van der Waals surface area contributed by atoms with Gasteiger partial charge < -0.3 is 40.9 Å². The minimum absolute atomic E-state index is 0.0895. The number of aromatic nitrogens is 3. The molecule has 0 saturated heterocycles. The summed E-state index contributed by atoms with van der Waals surface area (Å²) in [5.41, 5.74) is 17.7. The van der Waals surface area contributed by atoms with E-state index in [1.165, 1.54) is 0 Å². The Hall–Kier alpha value is -3.49. The zero-order chi connectivity index (χ0) is 26.3. The van der Waals surface area contributed by atoms with Crippen molar-refractivity contribution < 1.29 is 42.3 Å². The lowest BCUT2D eigenvalue weighted by Gasteiger charge is -2.18. The highest BCUT2D eigenvalue weighted by molar-refractivity contribution is 7.47. The summed E-state index contributed by atoms with van der Waals surface area (Å²) in [6.45, 7) is 1.08. The lowest BCUT2D eigenvalue weighted by Crippen LogP contribution is -2.32. The first-order chi connectivity index (χ1) is 17.1. The van der Waals surface area contributed by atoms with Gasteiger partial charge in [-0.1, -0.05) is 18.2 Å². The van der Waals surface area contributed by atoms with Gasteiger partial charge >= 0.3 is 20.0 Å². The molecule has 0 aliphatic carbocycles. The molecule has 1 unspecified atom stereocenters. The highest BCUT2D eigenvalue weighted by Crippen LogP contribution is 2.43. The molecule has 0 bridgehead atoms. The van der Waals surface area contributed by atoms with Crippen LogP contribution in [0.1, 0.15) is 12.7 Å².